The van der Waals surface area contributed by atoms with Crippen molar-refractivity contribution in [2.24, 2.45) is 0 Å². The first-order chi connectivity index (χ1) is 6.57. The molecule has 1 aromatic carbocycles. The van der Waals surface area contributed by atoms with E-state index in [0.717, 1.165) is 17.5 Å². The largest absolute Gasteiger partial charge is 0.509 e. The summed E-state index contributed by atoms with van der Waals surface area (Å²) in [7, 11) is 0. The van der Waals surface area contributed by atoms with Crippen molar-refractivity contribution in [3.05, 3.63) is 36.5 Å². The summed E-state index contributed by atoms with van der Waals surface area (Å²) in [5.41, 5.74) is -0.222. The summed E-state index contributed by atoms with van der Waals surface area (Å²) in [4.78, 5) is 3.87. The van der Waals surface area contributed by atoms with Crippen LogP contribution >= 0.6 is 0 Å². The van der Waals surface area contributed by atoms with Crippen LogP contribution in [0.15, 0.2) is 36.5 Å². The topological polar surface area (TPSA) is 12.9 Å². The Morgan fingerprint density at radius 2 is 1.86 bits per heavy atom. The van der Waals surface area contributed by atoms with Crippen molar-refractivity contribution < 1.29 is 12.9 Å². The highest BCUT2D eigenvalue weighted by Gasteiger charge is 2.25. The Bertz CT molecular complexity index is 467. The van der Waals surface area contributed by atoms with Crippen LogP contribution in [0.3, 0.4) is 0 Å². The summed E-state index contributed by atoms with van der Waals surface area (Å²) in [5, 5.41) is 0.719. The van der Waals surface area contributed by atoms with Gasteiger partial charge in [0.05, 0.1) is 5.52 Å². The number of halogens is 3. The monoisotopic (exact) mass is 196 g/mol. The second-order valence-corrected chi connectivity index (χ2v) is 3.03. The van der Waals surface area contributed by atoms with Gasteiger partial charge < -0.3 is 12.9 Å². The van der Waals surface area contributed by atoms with Gasteiger partial charge in [-0.05, 0) is 11.5 Å². The van der Waals surface area contributed by atoms with Gasteiger partial charge in [0, 0.05) is 6.20 Å². The molecular weight excluding hydrogens is 190 g/mol. The lowest BCUT2D eigenvalue weighted by Gasteiger charge is -2.14. The van der Waals surface area contributed by atoms with Gasteiger partial charge in [-0.15, -0.1) is 5.46 Å². The highest BCUT2D eigenvalue weighted by Crippen LogP contribution is 2.13. The zero-order valence-electron chi connectivity index (χ0n) is 7.12. The smallest absolute Gasteiger partial charge is 0.445 e. The number of rotatable bonds is 1. The van der Waals surface area contributed by atoms with Crippen molar-refractivity contribution in [3.63, 3.8) is 0 Å². The summed E-state index contributed by atoms with van der Waals surface area (Å²) >= 11 is 0. The summed E-state index contributed by atoms with van der Waals surface area (Å²) in [6.45, 7) is -4.93. The normalized spacial score (nSPS) is 11.9. The lowest BCUT2D eigenvalue weighted by molar-refractivity contribution is 0.501. The predicted molar refractivity (Wildman–Crippen MR) is 50.5 cm³/mol. The molecule has 14 heavy (non-hydrogen) atoms. The van der Waals surface area contributed by atoms with Gasteiger partial charge in [-0.2, -0.15) is 0 Å². The molecule has 5 heteroatoms. The molecule has 1 aromatic heterocycles. The van der Waals surface area contributed by atoms with E-state index in [1.54, 1.807) is 12.1 Å². The Labute approximate surface area is 78.6 Å². The number of hydrogen-bond donors (Lipinski definition) is 0. The highest BCUT2D eigenvalue weighted by molar-refractivity contribution is 6.73. The second-order valence-electron chi connectivity index (χ2n) is 3.03. The van der Waals surface area contributed by atoms with E-state index in [0.29, 0.717) is 5.52 Å². The average molecular weight is 196 g/mol. The van der Waals surface area contributed by atoms with Crippen LogP contribution in [-0.4, -0.2) is 12.0 Å². The van der Waals surface area contributed by atoms with Crippen molar-refractivity contribution in [1.82, 2.24) is 4.98 Å². The molecule has 2 rings (SSSR count). The van der Waals surface area contributed by atoms with Gasteiger partial charge in [0.2, 0.25) is 0 Å². The van der Waals surface area contributed by atoms with E-state index in [-0.39, 0.29) is 0 Å². The zero-order chi connectivity index (χ0) is 10.2. The number of hydrogen-bond acceptors (Lipinski definition) is 1. The third-order valence-corrected chi connectivity index (χ3v) is 2.01. The minimum Gasteiger partial charge on any atom is -0.445 e. The zero-order valence-corrected chi connectivity index (χ0v) is 7.12. The van der Waals surface area contributed by atoms with E-state index in [9.17, 15) is 12.9 Å². The fourth-order valence-electron chi connectivity index (χ4n) is 1.29. The van der Waals surface area contributed by atoms with Crippen molar-refractivity contribution in [1.29, 1.82) is 0 Å². The van der Waals surface area contributed by atoms with Crippen LogP contribution in [-0.2, 0) is 0 Å². The van der Waals surface area contributed by atoms with Crippen LogP contribution in [0.2, 0.25) is 0 Å². The number of nitrogens with zero attached hydrogens (tertiary/aromatic N) is 1. The van der Waals surface area contributed by atoms with Gasteiger partial charge in [0.25, 0.3) is 0 Å². The third-order valence-electron chi connectivity index (χ3n) is 2.01. The van der Waals surface area contributed by atoms with Gasteiger partial charge >= 0.3 is 6.98 Å². The Balaban J connectivity index is 2.63. The molecule has 0 atom stereocenters. The summed E-state index contributed by atoms with van der Waals surface area (Å²) in [5.74, 6) is 0. The first-order valence-corrected chi connectivity index (χ1v) is 4.12. The third kappa shape index (κ3) is 1.57. The van der Waals surface area contributed by atoms with Crippen LogP contribution in [0.1, 0.15) is 0 Å². The first-order valence-electron chi connectivity index (χ1n) is 4.12. The molecule has 72 valence electrons. The standard InChI is InChI=1S/C9H6BF3N/c11-10(12,13)8-4-3-7-2-1-5-14-9(7)6-8/h1-6H/q-1. The molecule has 0 aliphatic rings. The van der Waals surface area contributed by atoms with Crippen LogP contribution in [0, 0.1) is 0 Å². The van der Waals surface area contributed by atoms with E-state index in [1.807, 2.05) is 0 Å². The second kappa shape index (κ2) is 3.01. The van der Waals surface area contributed by atoms with Gasteiger partial charge in [-0.25, -0.2) is 0 Å². The molecule has 1 nitrogen and oxygen atoms in total. The highest BCUT2D eigenvalue weighted by atomic mass is 19.4. The SMILES string of the molecule is F[B-](F)(F)c1ccc2cccnc2c1. The maximum absolute atomic E-state index is 12.4. The van der Waals surface area contributed by atoms with E-state index in [1.165, 1.54) is 12.3 Å². The average Bonchev–Trinajstić information content (AvgIpc) is 2.16. The van der Waals surface area contributed by atoms with Crippen LogP contribution in [0.5, 0.6) is 0 Å². The Morgan fingerprint density at radius 3 is 2.57 bits per heavy atom. The van der Waals surface area contributed by atoms with Crippen molar-refractivity contribution >= 4 is 23.3 Å². The van der Waals surface area contributed by atoms with E-state index >= 15 is 0 Å². The molecule has 0 amide bonds. The minimum atomic E-state index is -4.93. The molecule has 1 heterocycles. The quantitative estimate of drug-likeness (QED) is 0.637. The van der Waals surface area contributed by atoms with Crippen LogP contribution in [0.4, 0.5) is 12.9 Å². The van der Waals surface area contributed by atoms with E-state index in [4.69, 9.17) is 0 Å². The van der Waals surface area contributed by atoms with Crippen molar-refractivity contribution in [2.75, 3.05) is 0 Å². The lowest BCUT2D eigenvalue weighted by Crippen LogP contribution is -2.33. The van der Waals surface area contributed by atoms with Gasteiger partial charge in [-0.1, -0.05) is 24.3 Å². The summed E-state index contributed by atoms with van der Waals surface area (Å²) in [6, 6.07) is 7.03. The summed E-state index contributed by atoms with van der Waals surface area (Å²) < 4.78 is 37.1. The molecular formula is C9H6BF3N-. The predicted octanol–water partition coefficient (Wildman–Crippen LogP) is 2.29. The molecule has 0 aliphatic carbocycles. The van der Waals surface area contributed by atoms with Crippen molar-refractivity contribution in [3.8, 4) is 0 Å². The molecule has 0 bridgehead atoms. The maximum atomic E-state index is 12.4. The van der Waals surface area contributed by atoms with Gasteiger partial charge in [0.1, 0.15) is 0 Å². The van der Waals surface area contributed by atoms with E-state index < -0.39 is 12.4 Å². The minimum absolute atomic E-state index is 0.379. The lowest BCUT2D eigenvalue weighted by atomic mass is 9.80. The van der Waals surface area contributed by atoms with E-state index in [2.05, 4.69) is 4.98 Å². The molecule has 0 radical (unpaired) electrons. The fraction of sp³-hybridized carbons (Fsp3) is 0. The van der Waals surface area contributed by atoms with Crippen LogP contribution in [0.25, 0.3) is 10.9 Å². The summed E-state index contributed by atoms with van der Waals surface area (Å²) in [6.07, 6.45) is 1.48. The van der Waals surface area contributed by atoms with Crippen molar-refractivity contribution in [2.45, 2.75) is 0 Å². The number of benzene rings is 1. The molecule has 2 aromatic rings. The molecule has 0 saturated carbocycles. The van der Waals surface area contributed by atoms with Gasteiger partial charge in [-0.3, -0.25) is 4.98 Å². The molecule has 0 aliphatic heterocycles. The maximum Gasteiger partial charge on any atom is 0.509 e. The molecule has 0 unspecified atom stereocenters. The number of fused-ring (bicyclic) bond motifs is 1. The Kier molecular flexibility index (Phi) is 1.95. The molecule has 0 spiro atoms. The van der Waals surface area contributed by atoms with Gasteiger partial charge in [0.15, 0.2) is 0 Å². The molecule has 0 N–H and O–H groups in total. The Morgan fingerprint density at radius 1 is 1.07 bits per heavy atom. The number of pyridine rings is 1. The molecule has 0 fully saturated rings. The first kappa shape index (κ1) is 9.06. The van der Waals surface area contributed by atoms with Crippen LogP contribution < -0.4 is 5.46 Å². The number of aromatic nitrogens is 1. The fourth-order valence-corrected chi connectivity index (χ4v) is 1.29. The Hall–Kier alpha value is -1.52. The molecule has 0 saturated heterocycles.